The summed E-state index contributed by atoms with van der Waals surface area (Å²) in [6, 6.07) is 14.0. The molecule has 94 valence electrons. The summed E-state index contributed by atoms with van der Waals surface area (Å²) < 4.78 is 5.39. The fourth-order valence-corrected chi connectivity index (χ4v) is 2.02. The zero-order valence-electron chi connectivity index (χ0n) is 10.6. The Morgan fingerprint density at radius 2 is 1.95 bits per heavy atom. The highest BCUT2D eigenvalue weighted by molar-refractivity contribution is 6.12. The van der Waals surface area contributed by atoms with Gasteiger partial charge in [0.1, 0.15) is 11.5 Å². The van der Waals surface area contributed by atoms with Gasteiger partial charge in [-0.1, -0.05) is 30.3 Å². The molecule has 1 N–H and O–H groups in total. The minimum Gasteiger partial charge on any atom is -0.494 e. The topological polar surface area (TPSA) is 37.4 Å². The molecule has 0 aliphatic carbocycles. The lowest BCUT2D eigenvalue weighted by Crippen LogP contribution is -1.92. The van der Waals surface area contributed by atoms with Gasteiger partial charge in [-0.2, -0.15) is 0 Å². The first kappa shape index (κ1) is 11.5. The Balaban J connectivity index is 1.99. The number of nitrogens with zero attached hydrogens (tertiary/aromatic N) is 1. The second kappa shape index (κ2) is 4.98. The molecule has 19 heavy (non-hydrogen) atoms. The lowest BCUT2D eigenvalue weighted by molar-refractivity contribution is 0.303. The number of hydrogen-bond donors (Lipinski definition) is 1. The molecule has 1 aromatic heterocycles. The highest BCUT2D eigenvalue weighted by Crippen LogP contribution is 2.24. The third kappa shape index (κ3) is 2.36. The molecule has 0 saturated carbocycles. The van der Waals surface area contributed by atoms with E-state index in [0.717, 1.165) is 28.4 Å². The van der Waals surface area contributed by atoms with Gasteiger partial charge in [-0.25, -0.2) is 4.99 Å². The molecule has 3 nitrogen and oxygen atoms in total. The van der Waals surface area contributed by atoms with Gasteiger partial charge in [0.15, 0.2) is 0 Å². The van der Waals surface area contributed by atoms with E-state index >= 15 is 0 Å². The van der Waals surface area contributed by atoms with Crippen molar-refractivity contribution in [2.45, 2.75) is 0 Å². The summed E-state index contributed by atoms with van der Waals surface area (Å²) in [5.74, 6) is 0.786. The number of benzene rings is 1. The average molecular weight is 250 g/mol. The number of rotatable bonds is 3. The number of ether oxygens (including phenoxy) is 1. The molecule has 1 aromatic carbocycles. The lowest BCUT2D eigenvalue weighted by atomic mass is 10.1. The van der Waals surface area contributed by atoms with Gasteiger partial charge >= 0.3 is 0 Å². The van der Waals surface area contributed by atoms with Gasteiger partial charge in [-0.15, -0.1) is 0 Å². The number of hydrogen-bond acceptors (Lipinski definition) is 2. The van der Waals surface area contributed by atoms with Crippen molar-refractivity contribution in [1.82, 2.24) is 4.98 Å². The SMILES string of the molecule is COC1=CC(c2ccccc2)=NC1=Cc1ccc[nH]1. The maximum Gasteiger partial charge on any atom is 0.146 e. The van der Waals surface area contributed by atoms with Crippen LogP contribution in [-0.2, 0) is 4.74 Å². The second-order valence-corrected chi connectivity index (χ2v) is 4.23. The summed E-state index contributed by atoms with van der Waals surface area (Å²) in [6.45, 7) is 0. The lowest BCUT2D eigenvalue weighted by Gasteiger charge is -2.00. The number of aliphatic imine (C=N–C) groups is 1. The number of aromatic nitrogens is 1. The molecule has 0 fully saturated rings. The van der Waals surface area contributed by atoms with Crippen LogP contribution >= 0.6 is 0 Å². The first-order valence-electron chi connectivity index (χ1n) is 6.12. The molecule has 0 unspecified atom stereocenters. The molecule has 0 saturated heterocycles. The summed E-state index contributed by atoms with van der Waals surface area (Å²) in [6.07, 6.45) is 5.83. The van der Waals surface area contributed by atoms with Crippen molar-refractivity contribution in [1.29, 1.82) is 0 Å². The van der Waals surface area contributed by atoms with Crippen molar-refractivity contribution in [3.05, 3.63) is 77.5 Å². The zero-order valence-corrected chi connectivity index (χ0v) is 10.6. The Morgan fingerprint density at radius 3 is 2.63 bits per heavy atom. The number of H-pyrrole nitrogens is 1. The summed E-state index contributed by atoms with van der Waals surface area (Å²) >= 11 is 0. The molecular formula is C16H14N2O. The molecule has 3 heteroatoms. The van der Waals surface area contributed by atoms with Gasteiger partial charge in [0.05, 0.1) is 12.8 Å². The quantitative estimate of drug-likeness (QED) is 0.890. The van der Waals surface area contributed by atoms with Gasteiger partial charge in [0.25, 0.3) is 0 Å². The Morgan fingerprint density at radius 1 is 1.11 bits per heavy atom. The Labute approximate surface area is 112 Å². The van der Waals surface area contributed by atoms with E-state index in [1.165, 1.54) is 0 Å². The summed E-state index contributed by atoms with van der Waals surface area (Å²) in [4.78, 5) is 7.76. The monoisotopic (exact) mass is 250 g/mol. The van der Waals surface area contributed by atoms with Gasteiger partial charge in [0, 0.05) is 23.5 Å². The van der Waals surface area contributed by atoms with Crippen molar-refractivity contribution >= 4 is 11.8 Å². The van der Waals surface area contributed by atoms with Crippen molar-refractivity contribution in [2.75, 3.05) is 7.11 Å². The Hall–Kier alpha value is -2.55. The van der Waals surface area contributed by atoms with Gasteiger partial charge in [-0.05, 0) is 18.2 Å². The average Bonchev–Trinajstić information content (AvgIpc) is 3.10. The standard InChI is InChI=1S/C16H14N2O/c1-19-16-11-14(12-6-3-2-4-7-12)18-15(16)10-13-8-5-9-17-13/h2-11,17H,1H3. The van der Waals surface area contributed by atoms with Crippen LogP contribution in [0.1, 0.15) is 11.3 Å². The zero-order chi connectivity index (χ0) is 13.1. The highest BCUT2D eigenvalue weighted by atomic mass is 16.5. The molecule has 1 aliphatic heterocycles. The van der Waals surface area contributed by atoms with Gasteiger partial charge in [0.2, 0.25) is 0 Å². The van der Waals surface area contributed by atoms with E-state index in [9.17, 15) is 0 Å². The molecule has 0 bridgehead atoms. The van der Waals surface area contributed by atoms with Crippen LogP contribution in [0.25, 0.3) is 6.08 Å². The van der Waals surface area contributed by atoms with Crippen LogP contribution in [0, 0.1) is 0 Å². The molecule has 0 radical (unpaired) electrons. The van der Waals surface area contributed by atoms with Gasteiger partial charge in [-0.3, -0.25) is 0 Å². The molecule has 0 amide bonds. The van der Waals surface area contributed by atoms with Crippen LogP contribution < -0.4 is 0 Å². The largest absolute Gasteiger partial charge is 0.494 e. The van der Waals surface area contributed by atoms with E-state index in [0.29, 0.717) is 0 Å². The van der Waals surface area contributed by atoms with Crippen molar-refractivity contribution in [3.63, 3.8) is 0 Å². The van der Waals surface area contributed by atoms with Gasteiger partial charge < -0.3 is 9.72 Å². The number of allylic oxidation sites excluding steroid dienone is 1. The highest BCUT2D eigenvalue weighted by Gasteiger charge is 2.16. The summed E-state index contributed by atoms with van der Waals surface area (Å²) in [5, 5.41) is 0. The molecular weight excluding hydrogens is 236 g/mol. The fourth-order valence-electron chi connectivity index (χ4n) is 2.02. The van der Waals surface area contributed by atoms with E-state index in [1.54, 1.807) is 7.11 Å². The minimum absolute atomic E-state index is 0.786. The van der Waals surface area contributed by atoms with Crippen LogP contribution in [-0.4, -0.2) is 17.8 Å². The molecule has 1 aliphatic rings. The maximum atomic E-state index is 5.39. The number of methoxy groups -OCH3 is 1. The van der Waals surface area contributed by atoms with E-state index < -0.39 is 0 Å². The molecule has 2 heterocycles. The van der Waals surface area contributed by atoms with E-state index in [1.807, 2.05) is 60.8 Å². The Kier molecular flexibility index (Phi) is 3.02. The van der Waals surface area contributed by atoms with Crippen LogP contribution in [0.5, 0.6) is 0 Å². The normalized spacial score (nSPS) is 16.4. The van der Waals surface area contributed by atoms with E-state index in [-0.39, 0.29) is 0 Å². The molecule has 0 spiro atoms. The van der Waals surface area contributed by atoms with Crippen LogP contribution in [0.4, 0.5) is 0 Å². The number of nitrogens with one attached hydrogen (secondary N) is 1. The van der Waals surface area contributed by atoms with E-state index in [4.69, 9.17) is 4.74 Å². The number of aromatic amines is 1. The third-order valence-electron chi connectivity index (χ3n) is 2.96. The summed E-state index contributed by atoms with van der Waals surface area (Å²) in [5.41, 5.74) is 3.86. The Bertz CT molecular complexity index is 649. The second-order valence-electron chi connectivity index (χ2n) is 4.23. The summed E-state index contributed by atoms with van der Waals surface area (Å²) in [7, 11) is 1.66. The van der Waals surface area contributed by atoms with Crippen LogP contribution in [0.2, 0.25) is 0 Å². The van der Waals surface area contributed by atoms with Crippen LogP contribution in [0.3, 0.4) is 0 Å². The minimum atomic E-state index is 0.786. The first-order chi connectivity index (χ1) is 9.36. The third-order valence-corrected chi connectivity index (χ3v) is 2.96. The van der Waals surface area contributed by atoms with Crippen LogP contribution in [0.15, 0.2) is 71.2 Å². The van der Waals surface area contributed by atoms with Crippen molar-refractivity contribution < 1.29 is 4.74 Å². The predicted molar refractivity (Wildman–Crippen MR) is 76.8 cm³/mol. The molecule has 2 aromatic rings. The first-order valence-corrected chi connectivity index (χ1v) is 6.12. The van der Waals surface area contributed by atoms with E-state index in [2.05, 4.69) is 9.98 Å². The van der Waals surface area contributed by atoms with Crippen molar-refractivity contribution in [3.8, 4) is 0 Å². The molecule has 0 atom stereocenters. The maximum absolute atomic E-state index is 5.39. The fraction of sp³-hybridized carbons (Fsp3) is 0.0625. The smallest absolute Gasteiger partial charge is 0.146 e. The predicted octanol–water partition coefficient (Wildman–Crippen LogP) is 3.39. The molecule has 3 rings (SSSR count). The van der Waals surface area contributed by atoms with Crippen molar-refractivity contribution in [2.24, 2.45) is 4.99 Å².